The maximum absolute atomic E-state index is 13.6. The van der Waals surface area contributed by atoms with E-state index in [1.165, 1.54) is 25.1 Å². The summed E-state index contributed by atoms with van der Waals surface area (Å²) in [6, 6.07) is 12.9. The van der Waals surface area contributed by atoms with Gasteiger partial charge in [-0.25, -0.2) is 4.39 Å². The van der Waals surface area contributed by atoms with Gasteiger partial charge in [0.15, 0.2) is 6.10 Å². The molecular formula is C22H25FN2O4. The summed E-state index contributed by atoms with van der Waals surface area (Å²) in [5.74, 6) is -2.44. The van der Waals surface area contributed by atoms with E-state index in [4.69, 9.17) is 4.74 Å². The molecule has 2 unspecified atom stereocenters. The summed E-state index contributed by atoms with van der Waals surface area (Å²) in [7, 11) is 0. The van der Waals surface area contributed by atoms with Gasteiger partial charge in [0, 0.05) is 5.69 Å². The Hall–Kier alpha value is -3.22. The fraction of sp³-hybridized carbons (Fsp3) is 0.318. The number of ether oxygens (including phenoxy) is 1. The molecule has 2 aromatic carbocycles. The van der Waals surface area contributed by atoms with Crippen molar-refractivity contribution < 1.29 is 23.5 Å². The van der Waals surface area contributed by atoms with E-state index in [0.29, 0.717) is 5.69 Å². The predicted molar refractivity (Wildman–Crippen MR) is 108 cm³/mol. The smallest absolute Gasteiger partial charge is 0.326 e. The van der Waals surface area contributed by atoms with Gasteiger partial charge in [0.1, 0.15) is 12.4 Å². The van der Waals surface area contributed by atoms with E-state index >= 15 is 0 Å². The van der Waals surface area contributed by atoms with E-state index in [9.17, 15) is 18.8 Å². The molecule has 0 radical (unpaired) electrons. The van der Waals surface area contributed by atoms with Crippen molar-refractivity contribution in [2.24, 2.45) is 0 Å². The molecule has 154 valence electrons. The van der Waals surface area contributed by atoms with Crippen molar-refractivity contribution in [1.29, 1.82) is 0 Å². The van der Waals surface area contributed by atoms with Crippen LogP contribution in [0.1, 0.15) is 49.0 Å². The molecule has 0 spiro atoms. The monoisotopic (exact) mass is 400 g/mol. The zero-order valence-corrected chi connectivity index (χ0v) is 16.7. The molecule has 0 aliphatic heterocycles. The number of nitrogens with one attached hydrogen (secondary N) is 2. The molecule has 2 amide bonds. The predicted octanol–water partition coefficient (Wildman–Crippen LogP) is 3.64. The normalized spacial score (nSPS) is 12.6. The highest BCUT2D eigenvalue weighted by atomic mass is 19.1. The Balaban J connectivity index is 1.89. The molecule has 0 aromatic heterocycles. The van der Waals surface area contributed by atoms with Gasteiger partial charge in [0.05, 0.1) is 5.56 Å². The third-order valence-corrected chi connectivity index (χ3v) is 4.55. The number of esters is 1. The van der Waals surface area contributed by atoms with Crippen LogP contribution in [0.15, 0.2) is 48.5 Å². The molecule has 0 aliphatic rings. The van der Waals surface area contributed by atoms with Crippen molar-refractivity contribution in [1.82, 2.24) is 5.32 Å². The third-order valence-electron chi connectivity index (χ3n) is 4.55. The number of hydrogen-bond donors (Lipinski definition) is 2. The number of benzene rings is 2. The lowest BCUT2D eigenvalue weighted by molar-refractivity contribution is -0.152. The van der Waals surface area contributed by atoms with Crippen LogP contribution in [0.25, 0.3) is 0 Å². The summed E-state index contributed by atoms with van der Waals surface area (Å²) in [6.07, 6.45) is -0.142. The number of hydrogen-bond acceptors (Lipinski definition) is 4. The number of amides is 2. The van der Waals surface area contributed by atoms with Crippen molar-refractivity contribution in [2.75, 3.05) is 11.9 Å². The highest BCUT2D eigenvalue weighted by molar-refractivity contribution is 5.97. The van der Waals surface area contributed by atoms with E-state index in [1.54, 1.807) is 6.07 Å². The van der Waals surface area contributed by atoms with Crippen LogP contribution in [0.2, 0.25) is 0 Å². The van der Waals surface area contributed by atoms with E-state index < -0.39 is 36.2 Å². The van der Waals surface area contributed by atoms with E-state index in [-0.39, 0.29) is 11.5 Å². The number of carbonyl (C=O) groups is 3. The highest BCUT2D eigenvalue weighted by Crippen LogP contribution is 2.26. The quantitative estimate of drug-likeness (QED) is 0.663. The van der Waals surface area contributed by atoms with Crippen LogP contribution < -0.4 is 10.6 Å². The number of para-hydroxylation sites is 1. The number of rotatable bonds is 8. The van der Waals surface area contributed by atoms with Crippen LogP contribution in [-0.2, 0) is 14.3 Å². The topological polar surface area (TPSA) is 84.5 Å². The van der Waals surface area contributed by atoms with Crippen LogP contribution >= 0.6 is 0 Å². The molecule has 0 saturated carbocycles. The third kappa shape index (κ3) is 6.14. The molecule has 2 aromatic rings. The second-order valence-electron chi connectivity index (χ2n) is 6.68. The lowest BCUT2D eigenvalue weighted by Crippen LogP contribution is -2.36. The van der Waals surface area contributed by atoms with Gasteiger partial charge >= 0.3 is 5.97 Å². The van der Waals surface area contributed by atoms with Crippen LogP contribution in [0.4, 0.5) is 10.1 Å². The first-order chi connectivity index (χ1) is 13.8. The SMILES string of the molecule is CCC(C)c1ccccc1NC(=O)C(C)OC(=O)CNC(=O)c1ccccc1F. The Labute approximate surface area is 169 Å². The van der Waals surface area contributed by atoms with Crippen molar-refractivity contribution in [2.45, 2.75) is 39.2 Å². The van der Waals surface area contributed by atoms with Gasteiger partial charge < -0.3 is 15.4 Å². The number of carbonyl (C=O) groups excluding carboxylic acids is 3. The van der Waals surface area contributed by atoms with Crippen LogP contribution in [0.3, 0.4) is 0 Å². The Morgan fingerprint density at radius 1 is 1.03 bits per heavy atom. The van der Waals surface area contributed by atoms with Gasteiger partial charge in [-0.2, -0.15) is 0 Å². The molecule has 7 heteroatoms. The van der Waals surface area contributed by atoms with Gasteiger partial charge in [-0.3, -0.25) is 14.4 Å². The van der Waals surface area contributed by atoms with Crippen molar-refractivity contribution >= 4 is 23.5 Å². The minimum absolute atomic E-state index is 0.173. The lowest BCUT2D eigenvalue weighted by atomic mass is 9.97. The van der Waals surface area contributed by atoms with E-state index in [2.05, 4.69) is 24.5 Å². The average molecular weight is 400 g/mol. The zero-order valence-electron chi connectivity index (χ0n) is 16.7. The fourth-order valence-corrected chi connectivity index (χ4v) is 2.68. The van der Waals surface area contributed by atoms with Crippen molar-refractivity contribution in [3.63, 3.8) is 0 Å². The first-order valence-electron chi connectivity index (χ1n) is 9.45. The largest absolute Gasteiger partial charge is 0.451 e. The number of anilines is 1. The molecule has 0 fully saturated rings. The van der Waals surface area contributed by atoms with Gasteiger partial charge in [-0.05, 0) is 43.0 Å². The maximum Gasteiger partial charge on any atom is 0.326 e. The van der Waals surface area contributed by atoms with Crippen molar-refractivity contribution in [3.05, 3.63) is 65.5 Å². The number of halogens is 1. The molecule has 0 bridgehead atoms. The molecule has 2 N–H and O–H groups in total. The Morgan fingerprint density at radius 3 is 2.38 bits per heavy atom. The first-order valence-corrected chi connectivity index (χ1v) is 9.45. The van der Waals surface area contributed by atoms with Gasteiger partial charge in [0.25, 0.3) is 11.8 Å². The minimum atomic E-state index is -1.06. The second-order valence-corrected chi connectivity index (χ2v) is 6.68. The summed E-state index contributed by atoms with van der Waals surface area (Å²) in [4.78, 5) is 36.3. The molecule has 2 atom stereocenters. The van der Waals surface area contributed by atoms with E-state index in [1.807, 2.05) is 18.2 Å². The van der Waals surface area contributed by atoms with E-state index in [0.717, 1.165) is 18.1 Å². The lowest BCUT2D eigenvalue weighted by Gasteiger charge is -2.18. The second kappa shape index (κ2) is 10.4. The molecule has 0 heterocycles. The molecule has 0 aliphatic carbocycles. The summed E-state index contributed by atoms with van der Waals surface area (Å²) in [5, 5.41) is 5.06. The highest BCUT2D eigenvalue weighted by Gasteiger charge is 2.20. The maximum atomic E-state index is 13.6. The Morgan fingerprint density at radius 2 is 1.69 bits per heavy atom. The van der Waals surface area contributed by atoms with Gasteiger partial charge in [-0.1, -0.05) is 44.2 Å². The summed E-state index contributed by atoms with van der Waals surface area (Å²) < 4.78 is 18.6. The Bertz CT molecular complexity index is 885. The zero-order chi connectivity index (χ0) is 21.4. The summed E-state index contributed by atoms with van der Waals surface area (Å²) in [5.41, 5.74) is 1.49. The van der Waals surface area contributed by atoms with Crippen molar-refractivity contribution in [3.8, 4) is 0 Å². The van der Waals surface area contributed by atoms with Gasteiger partial charge in [0.2, 0.25) is 0 Å². The Kier molecular flexibility index (Phi) is 7.88. The van der Waals surface area contributed by atoms with Crippen LogP contribution in [0.5, 0.6) is 0 Å². The fourth-order valence-electron chi connectivity index (χ4n) is 2.68. The first kappa shape index (κ1) is 22.1. The van der Waals surface area contributed by atoms with Gasteiger partial charge in [-0.15, -0.1) is 0 Å². The average Bonchev–Trinajstić information content (AvgIpc) is 2.72. The molecule has 6 nitrogen and oxygen atoms in total. The summed E-state index contributed by atoms with van der Waals surface area (Å²) >= 11 is 0. The van der Waals surface area contributed by atoms with Crippen LogP contribution in [-0.4, -0.2) is 30.4 Å². The molecule has 2 rings (SSSR count). The molecule has 0 saturated heterocycles. The molecule has 29 heavy (non-hydrogen) atoms. The van der Waals surface area contributed by atoms with Crippen LogP contribution in [0, 0.1) is 5.82 Å². The minimum Gasteiger partial charge on any atom is -0.451 e. The standard InChI is InChI=1S/C22H25FN2O4/c1-4-14(2)16-9-6-8-12-19(16)25-21(27)15(3)29-20(26)13-24-22(28)17-10-5-7-11-18(17)23/h5-12,14-15H,4,13H2,1-3H3,(H,24,28)(H,25,27). The summed E-state index contributed by atoms with van der Waals surface area (Å²) in [6.45, 7) is 5.09. The molecular weight excluding hydrogens is 375 g/mol.